The van der Waals surface area contributed by atoms with E-state index in [1.54, 1.807) is 0 Å². The van der Waals surface area contributed by atoms with Gasteiger partial charge in [-0.2, -0.15) is 0 Å². The molecule has 4 heteroatoms. The molecule has 4 nitrogen and oxygen atoms in total. The number of esters is 1. The Balaban J connectivity index is 2.77. The van der Waals surface area contributed by atoms with Gasteiger partial charge in [0.15, 0.2) is 0 Å². The molecule has 1 rings (SSSR count). The first-order chi connectivity index (χ1) is 7.77. The lowest BCUT2D eigenvalue weighted by Gasteiger charge is -2.30. The number of Topliss-reactive ketones (excluding diaryl/α,β-unsaturated/α-hetero) is 2. The molecule has 0 bridgehead atoms. The van der Waals surface area contributed by atoms with Crippen LogP contribution < -0.4 is 0 Å². The largest absolute Gasteiger partial charge is 0.468 e. The third-order valence-electron chi connectivity index (χ3n) is 3.24. The zero-order valence-corrected chi connectivity index (χ0v) is 10.9. The highest BCUT2D eigenvalue weighted by molar-refractivity contribution is 6.01. The fourth-order valence-corrected chi connectivity index (χ4v) is 2.24. The van der Waals surface area contributed by atoms with E-state index in [1.165, 1.54) is 7.11 Å². The van der Waals surface area contributed by atoms with Gasteiger partial charge < -0.3 is 4.74 Å². The van der Waals surface area contributed by atoms with E-state index < -0.39 is 17.3 Å². The molecule has 0 N–H and O–H groups in total. The fourth-order valence-electron chi connectivity index (χ4n) is 2.24. The second-order valence-corrected chi connectivity index (χ2v) is 5.63. The Morgan fingerprint density at radius 1 is 1.29 bits per heavy atom. The Morgan fingerprint density at radius 2 is 1.88 bits per heavy atom. The number of ketones is 2. The molecule has 1 fully saturated rings. The SMILES string of the molecule is COC(=O)C1CC(C(=O)C(C)(C)C)CCC1=O. The van der Waals surface area contributed by atoms with Crippen LogP contribution in [0, 0.1) is 17.3 Å². The minimum absolute atomic E-state index is 0.102. The molecule has 2 unspecified atom stereocenters. The van der Waals surface area contributed by atoms with Gasteiger partial charge in [0.05, 0.1) is 7.11 Å². The molecular formula is C13H20O4. The van der Waals surface area contributed by atoms with Gasteiger partial charge in [-0.1, -0.05) is 20.8 Å². The first kappa shape index (κ1) is 13.9. The normalized spacial score (nSPS) is 25.5. The van der Waals surface area contributed by atoms with Gasteiger partial charge in [0.1, 0.15) is 17.5 Å². The number of hydrogen-bond acceptors (Lipinski definition) is 4. The standard InChI is InChI=1S/C13H20O4/c1-13(2,3)11(15)8-5-6-10(14)9(7-8)12(16)17-4/h8-9H,5-7H2,1-4H3. The summed E-state index contributed by atoms with van der Waals surface area (Å²) in [4.78, 5) is 35.2. The van der Waals surface area contributed by atoms with Crippen molar-refractivity contribution in [2.24, 2.45) is 17.3 Å². The minimum Gasteiger partial charge on any atom is -0.468 e. The molecule has 17 heavy (non-hydrogen) atoms. The fraction of sp³-hybridized carbons (Fsp3) is 0.769. The quantitative estimate of drug-likeness (QED) is 0.545. The highest BCUT2D eigenvalue weighted by atomic mass is 16.5. The molecule has 1 aliphatic rings. The molecule has 2 atom stereocenters. The highest BCUT2D eigenvalue weighted by Crippen LogP contribution is 2.33. The first-order valence-corrected chi connectivity index (χ1v) is 5.92. The Morgan fingerprint density at radius 3 is 2.35 bits per heavy atom. The van der Waals surface area contributed by atoms with E-state index in [2.05, 4.69) is 4.74 Å². The van der Waals surface area contributed by atoms with Gasteiger partial charge in [0, 0.05) is 17.8 Å². The molecule has 0 aromatic heterocycles. The van der Waals surface area contributed by atoms with Crippen LogP contribution >= 0.6 is 0 Å². The lowest BCUT2D eigenvalue weighted by atomic mass is 9.72. The summed E-state index contributed by atoms with van der Waals surface area (Å²) in [5.41, 5.74) is -0.425. The van der Waals surface area contributed by atoms with Crippen molar-refractivity contribution in [3.63, 3.8) is 0 Å². The Kier molecular flexibility index (Phi) is 4.07. The molecule has 0 heterocycles. The summed E-state index contributed by atoms with van der Waals surface area (Å²) in [6, 6.07) is 0. The van der Waals surface area contributed by atoms with Crippen molar-refractivity contribution in [3.05, 3.63) is 0 Å². The van der Waals surface area contributed by atoms with Crippen molar-refractivity contribution in [3.8, 4) is 0 Å². The predicted octanol–water partition coefficient (Wildman–Crippen LogP) is 1.76. The molecule has 1 saturated carbocycles. The zero-order chi connectivity index (χ0) is 13.2. The lowest BCUT2D eigenvalue weighted by molar-refractivity contribution is -0.152. The Hall–Kier alpha value is -1.19. The summed E-state index contributed by atoms with van der Waals surface area (Å²) >= 11 is 0. The van der Waals surface area contributed by atoms with Gasteiger partial charge in [-0.05, 0) is 12.8 Å². The number of methoxy groups -OCH3 is 1. The average molecular weight is 240 g/mol. The number of carbonyl (C=O) groups is 3. The number of carbonyl (C=O) groups excluding carboxylic acids is 3. The second kappa shape index (κ2) is 4.98. The van der Waals surface area contributed by atoms with E-state index in [1.807, 2.05) is 20.8 Å². The van der Waals surface area contributed by atoms with Crippen LogP contribution in [0.4, 0.5) is 0 Å². The summed E-state index contributed by atoms with van der Waals surface area (Å²) in [5, 5.41) is 0. The average Bonchev–Trinajstić information content (AvgIpc) is 2.26. The van der Waals surface area contributed by atoms with E-state index in [9.17, 15) is 14.4 Å². The van der Waals surface area contributed by atoms with Gasteiger partial charge in [0.2, 0.25) is 0 Å². The summed E-state index contributed by atoms with van der Waals surface area (Å²) < 4.78 is 4.60. The van der Waals surface area contributed by atoms with Crippen molar-refractivity contribution < 1.29 is 19.1 Å². The lowest BCUT2D eigenvalue weighted by Crippen LogP contribution is -2.38. The maximum Gasteiger partial charge on any atom is 0.316 e. The van der Waals surface area contributed by atoms with E-state index in [0.29, 0.717) is 19.3 Å². The molecule has 0 aromatic carbocycles. The maximum atomic E-state index is 12.1. The van der Waals surface area contributed by atoms with Crippen LogP contribution in [-0.4, -0.2) is 24.6 Å². The summed E-state index contributed by atoms with van der Waals surface area (Å²) in [6.45, 7) is 5.58. The maximum absolute atomic E-state index is 12.1. The molecule has 0 amide bonds. The molecule has 0 radical (unpaired) electrons. The van der Waals surface area contributed by atoms with Crippen molar-refractivity contribution in [1.82, 2.24) is 0 Å². The highest BCUT2D eigenvalue weighted by Gasteiger charge is 2.40. The van der Waals surface area contributed by atoms with Crippen molar-refractivity contribution >= 4 is 17.5 Å². The van der Waals surface area contributed by atoms with Gasteiger partial charge in [-0.25, -0.2) is 0 Å². The molecule has 0 saturated heterocycles. The monoisotopic (exact) mass is 240 g/mol. The molecule has 0 aliphatic heterocycles. The molecule has 0 aromatic rings. The van der Waals surface area contributed by atoms with Gasteiger partial charge in [0.25, 0.3) is 0 Å². The van der Waals surface area contributed by atoms with E-state index in [-0.39, 0.29) is 17.5 Å². The van der Waals surface area contributed by atoms with Crippen LogP contribution in [0.1, 0.15) is 40.0 Å². The number of ether oxygens (including phenoxy) is 1. The van der Waals surface area contributed by atoms with Gasteiger partial charge >= 0.3 is 5.97 Å². The van der Waals surface area contributed by atoms with Crippen LogP contribution in [0.2, 0.25) is 0 Å². The van der Waals surface area contributed by atoms with Gasteiger partial charge in [-0.15, -0.1) is 0 Å². The van der Waals surface area contributed by atoms with Gasteiger partial charge in [-0.3, -0.25) is 14.4 Å². The number of hydrogen-bond donors (Lipinski definition) is 0. The molecule has 0 spiro atoms. The summed E-state index contributed by atoms with van der Waals surface area (Å²) in [7, 11) is 1.27. The molecular weight excluding hydrogens is 220 g/mol. The van der Waals surface area contributed by atoms with E-state index in [0.717, 1.165) is 0 Å². The van der Waals surface area contributed by atoms with Crippen LogP contribution in [0.15, 0.2) is 0 Å². The number of rotatable bonds is 2. The van der Waals surface area contributed by atoms with E-state index in [4.69, 9.17) is 0 Å². The minimum atomic E-state index is -0.745. The third kappa shape index (κ3) is 3.14. The van der Waals surface area contributed by atoms with Crippen LogP contribution in [0.25, 0.3) is 0 Å². The van der Waals surface area contributed by atoms with Crippen molar-refractivity contribution in [1.29, 1.82) is 0 Å². The summed E-state index contributed by atoms with van der Waals surface area (Å²) in [6.07, 6.45) is 1.16. The molecule has 1 aliphatic carbocycles. The van der Waals surface area contributed by atoms with Crippen LogP contribution in [0.3, 0.4) is 0 Å². The second-order valence-electron chi connectivity index (χ2n) is 5.63. The molecule has 96 valence electrons. The first-order valence-electron chi connectivity index (χ1n) is 5.92. The topological polar surface area (TPSA) is 60.4 Å². The summed E-state index contributed by atoms with van der Waals surface area (Å²) in [5.74, 6) is -1.43. The third-order valence-corrected chi connectivity index (χ3v) is 3.24. The smallest absolute Gasteiger partial charge is 0.316 e. The Bertz CT molecular complexity index is 330. The van der Waals surface area contributed by atoms with Crippen LogP contribution in [0.5, 0.6) is 0 Å². The van der Waals surface area contributed by atoms with Crippen LogP contribution in [-0.2, 0) is 19.1 Å². The predicted molar refractivity (Wildman–Crippen MR) is 62.3 cm³/mol. The van der Waals surface area contributed by atoms with E-state index >= 15 is 0 Å². The Labute approximate surface area is 102 Å². The van der Waals surface area contributed by atoms with Crippen molar-refractivity contribution in [2.75, 3.05) is 7.11 Å². The zero-order valence-electron chi connectivity index (χ0n) is 10.9. The van der Waals surface area contributed by atoms with Crippen molar-refractivity contribution in [2.45, 2.75) is 40.0 Å².